The van der Waals surface area contributed by atoms with E-state index in [4.69, 9.17) is 9.47 Å². The number of rotatable bonds is 3. The zero-order valence-electron chi connectivity index (χ0n) is 13.6. The summed E-state index contributed by atoms with van der Waals surface area (Å²) >= 11 is 0. The Morgan fingerprint density at radius 3 is 2.83 bits per heavy atom. The van der Waals surface area contributed by atoms with Crippen LogP contribution >= 0.6 is 0 Å². The Bertz CT molecular complexity index is 553. The Balaban J connectivity index is 1.62. The first-order chi connectivity index (χ1) is 11.1. The van der Waals surface area contributed by atoms with Crippen LogP contribution in [0.2, 0.25) is 0 Å². The number of hydrogen-bond acceptors (Lipinski definition) is 3. The summed E-state index contributed by atoms with van der Waals surface area (Å²) in [6, 6.07) is 6.17. The van der Waals surface area contributed by atoms with Crippen molar-refractivity contribution in [3.8, 4) is 0 Å². The molecule has 0 aromatic heterocycles. The lowest BCUT2D eigenvalue weighted by Gasteiger charge is -2.46. The van der Waals surface area contributed by atoms with Crippen LogP contribution < -0.4 is 0 Å². The van der Waals surface area contributed by atoms with Gasteiger partial charge in [-0.15, -0.1) is 0 Å². The molecule has 0 bridgehead atoms. The zero-order chi connectivity index (χ0) is 16.3. The molecule has 1 spiro atoms. The molecule has 1 unspecified atom stereocenters. The second kappa shape index (κ2) is 6.97. The van der Waals surface area contributed by atoms with Crippen molar-refractivity contribution in [2.24, 2.45) is 0 Å². The Labute approximate surface area is 136 Å². The highest BCUT2D eigenvalue weighted by molar-refractivity contribution is 5.94. The van der Waals surface area contributed by atoms with E-state index in [1.807, 2.05) is 6.92 Å². The summed E-state index contributed by atoms with van der Waals surface area (Å²) in [6.07, 6.45) is 3.66. The molecular weight excluding hydrogens is 297 g/mol. The van der Waals surface area contributed by atoms with Crippen molar-refractivity contribution in [2.75, 3.05) is 26.3 Å². The van der Waals surface area contributed by atoms with Crippen LogP contribution in [0, 0.1) is 5.82 Å². The quantitative estimate of drug-likeness (QED) is 0.859. The minimum absolute atomic E-state index is 0.153. The SMILES string of the molecule is CCOC1CCOC2(CCN(C(=O)c3ccccc3F)CC2)C1. The lowest BCUT2D eigenvalue weighted by Crippen LogP contribution is -2.52. The maximum atomic E-state index is 13.8. The van der Waals surface area contributed by atoms with Gasteiger partial charge in [-0.05, 0) is 38.3 Å². The number of benzene rings is 1. The van der Waals surface area contributed by atoms with Crippen LogP contribution in [-0.2, 0) is 9.47 Å². The maximum Gasteiger partial charge on any atom is 0.256 e. The van der Waals surface area contributed by atoms with Gasteiger partial charge >= 0.3 is 0 Å². The molecule has 126 valence electrons. The first-order valence-electron chi connectivity index (χ1n) is 8.43. The third-order valence-corrected chi connectivity index (χ3v) is 4.92. The summed E-state index contributed by atoms with van der Waals surface area (Å²) in [4.78, 5) is 14.2. The average molecular weight is 321 g/mol. The Kier molecular flexibility index (Phi) is 4.97. The lowest BCUT2D eigenvalue weighted by molar-refractivity contribution is -0.151. The number of ether oxygens (including phenoxy) is 2. The van der Waals surface area contributed by atoms with Crippen LogP contribution in [0.5, 0.6) is 0 Å². The van der Waals surface area contributed by atoms with Crippen molar-refractivity contribution in [2.45, 2.75) is 44.3 Å². The smallest absolute Gasteiger partial charge is 0.256 e. The fourth-order valence-electron chi connectivity index (χ4n) is 3.63. The molecular formula is C18H24FNO3. The summed E-state index contributed by atoms with van der Waals surface area (Å²) in [5.41, 5.74) is -0.0235. The zero-order valence-corrected chi connectivity index (χ0v) is 13.6. The van der Waals surface area contributed by atoms with Gasteiger partial charge in [0.15, 0.2) is 0 Å². The molecule has 0 radical (unpaired) electrons. The van der Waals surface area contributed by atoms with Gasteiger partial charge in [0.1, 0.15) is 5.82 Å². The van der Waals surface area contributed by atoms with E-state index < -0.39 is 5.82 Å². The van der Waals surface area contributed by atoms with Crippen LogP contribution in [0.1, 0.15) is 43.0 Å². The van der Waals surface area contributed by atoms with Crippen molar-refractivity contribution in [3.05, 3.63) is 35.6 Å². The van der Waals surface area contributed by atoms with Gasteiger partial charge in [0.05, 0.1) is 17.3 Å². The number of hydrogen-bond donors (Lipinski definition) is 0. The largest absolute Gasteiger partial charge is 0.378 e. The second-order valence-electron chi connectivity index (χ2n) is 6.37. The molecule has 2 fully saturated rings. The van der Waals surface area contributed by atoms with Gasteiger partial charge in [0.2, 0.25) is 0 Å². The molecule has 3 rings (SSSR count). The van der Waals surface area contributed by atoms with Crippen molar-refractivity contribution in [3.63, 3.8) is 0 Å². The van der Waals surface area contributed by atoms with Crippen LogP contribution in [0.25, 0.3) is 0 Å². The first kappa shape index (κ1) is 16.4. The number of amides is 1. The third-order valence-electron chi connectivity index (χ3n) is 4.92. The van der Waals surface area contributed by atoms with E-state index in [1.54, 1.807) is 23.1 Å². The minimum atomic E-state index is -0.455. The number of nitrogens with zero attached hydrogens (tertiary/aromatic N) is 1. The molecule has 0 saturated carbocycles. The summed E-state index contributed by atoms with van der Waals surface area (Å²) in [7, 11) is 0. The summed E-state index contributed by atoms with van der Waals surface area (Å²) in [5.74, 6) is -0.682. The van der Waals surface area contributed by atoms with Gasteiger partial charge in [-0.3, -0.25) is 4.79 Å². The van der Waals surface area contributed by atoms with Gasteiger partial charge in [0, 0.05) is 32.7 Å². The molecule has 1 aromatic rings. The number of carbonyl (C=O) groups is 1. The van der Waals surface area contributed by atoms with Crippen LogP contribution in [0.4, 0.5) is 4.39 Å². The van der Waals surface area contributed by atoms with Crippen LogP contribution in [0.3, 0.4) is 0 Å². The molecule has 2 aliphatic rings. The van der Waals surface area contributed by atoms with Crippen molar-refractivity contribution < 1.29 is 18.7 Å². The number of carbonyl (C=O) groups excluding carboxylic acids is 1. The van der Waals surface area contributed by atoms with Crippen molar-refractivity contribution in [1.82, 2.24) is 4.90 Å². The van der Waals surface area contributed by atoms with Gasteiger partial charge in [-0.1, -0.05) is 12.1 Å². The topological polar surface area (TPSA) is 38.8 Å². The Morgan fingerprint density at radius 2 is 2.13 bits per heavy atom. The van der Waals surface area contributed by atoms with Crippen molar-refractivity contribution in [1.29, 1.82) is 0 Å². The van der Waals surface area contributed by atoms with Crippen LogP contribution in [-0.4, -0.2) is 48.8 Å². The van der Waals surface area contributed by atoms with E-state index in [0.717, 1.165) is 32.3 Å². The molecule has 0 aliphatic carbocycles. The van der Waals surface area contributed by atoms with Crippen LogP contribution in [0.15, 0.2) is 24.3 Å². The number of likely N-dealkylation sites (tertiary alicyclic amines) is 1. The van der Waals surface area contributed by atoms with E-state index in [1.165, 1.54) is 6.07 Å². The van der Waals surface area contributed by atoms with Gasteiger partial charge in [-0.25, -0.2) is 4.39 Å². The molecule has 2 aliphatic heterocycles. The molecule has 4 nitrogen and oxygen atoms in total. The summed E-state index contributed by atoms with van der Waals surface area (Å²) in [6.45, 7) is 4.65. The van der Waals surface area contributed by atoms with Gasteiger partial charge < -0.3 is 14.4 Å². The molecule has 5 heteroatoms. The number of piperidine rings is 1. The molecule has 2 saturated heterocycles. The monoisotopic (exact) mass is 321 g/mol. The number of halogens is 1. The maximum absolute atomic E-state index is 13.8. The standard InChI is InChI=1S/C18H24FNO3/c1-2-22-14-7-12-23-18(13-14)8-10-20(11-9-18)17(21)15-5-3-4-6-16(15)19/h3-6,14H,2,7-13H2,1H3. The lowest BCUT2D eigenvalue weighted by atomic mass is 9.83. The van der Waals surface area contributed by atoms with Gasteiger partial charge in [-0.2, -0.15) is 0 Å². The van der Waals surface area contributed by atoms with Crippen molar-refractivity contribution >= 4 is 5.91 Å². The predicted molar refractivity (Wildman–Crippen MR) is 84.9 cm³/mol. The second-order valence-corrected chi connectivity index (χ2v) is 6.37. The predicted octanol–water partition coefficient (Wildman–Crippen LogP) is 3.02. The minimum Gasteiger partial charge on any atom is -0.378 e. The summed E-state index contributed by atoms with van der Waals surface area (Å²) < 4.78 is 25.6. The van der Waals surface area contributed by atoms with E-state index >= 15 is 0 Å². The average Bonchev–Trinajstić information content (AvgIpc) is 2.56. The normalized spacial score (nSPS) is 23.9. The Hall–Kier alpha value is -1.46. The molecule has 1 atom stereocenters. The molecule has 1 amide bonds. The van der Waals surface area contributed by atoms with E-state index in [2.05, 4.69) is 0 Å². The molecule has 23 heavy (non-hydrogen) atoms. The highest BCUT2D eigenvalue weighted by Gasteiger charge is 2.41. The first-order valence-corrected chi connectivity index (χ1v) is 8.43. The van der Waals surface area contributed by atoms with E-state index in [9.17, 15) is 9.18 Å². The van der Waals surface area contributed by atoms with Gasteiger partial charge in [0.25, 0.3) is 5.91 Å². The highest BCUT2D eigenvalue weighted by atomic mass is 19.1. The fourth-order valence-corrected chi connectivity index (χ4v) is 3.63. The highest BCUT2D eigenvalue weighted by Crippen LogP contribution is 2.36. The third kappa shape index (κ3) is 3.56. The molecule has 0 N–H and O–H groups in total. The Morgan fingerprint density at radius 1 is 1.39 bits per heavy atom. The van der Waals surface area contributed by atoms with E-state index in [-0.39, 0.29) is 23.2 Å². The summed E-state index contributed by atoms with van der Waals surface area (Å²) in [5, 5.41) is 0. The molecule has 1 aromatic carbocycles. The van der Waals surface area contributed by atoms with E-state index in [0.29, 0.717) is 19.7 Å². The fraction of sp³-hybridized carbons (Fsp3) is 0.611. The molecule has 2 heterocycles.